The van der Waals surface area contributed by atoms with Crippen LogP contribution in [0.2, 0.25) is 0 Å². The Morgan fingerprint density at radius 3 is 2.50 bits per heavy atom. The summed E-state index contributed by atoms with van der Waals surface area (Å²) in [6.07, 6.45) is -2.25. The molecule has 0 aliphatic heterocycles. The largest absolute Gasteiger partial charge is 0.358 e. The van der Waals surface area contributed by atoms with Crippen LogP contribution < -0.4 is 0 Å². The van der Waals surface area contributed by atoms with Crippen LogP contribution in [0.15, 0.2) is 23.4 Å². The van der Waals surface area contributed by atoms with Crippen molar-refractivity contribution in [3.63, 3.8) is 0 Å². The lowest BCUT2D eigenvalue weighted by Gasteiger charge is -2.12. The predicted octanol–water partition coefficient (Wildman–Crippen LogP) is 2.96. The lowest BCUT2D eigenvalue weighted by molar-refractivity contribution is -0.0564. The molecule has 1 aromatic rings. The van der Waals surface area contributed by atoms with Gasteiger partial charge in [-0.25, -0.2) is 8.78 Å². The Morgan fingerprint density at radius 1 is 1.42 bits per heavy atom. The van der Waals surface area contributed by atoms with Crippen LogP contribution in [0.4, 0.5) is 17.6 Å². The number of halogens is 4. The molecule has 0 radical (unpaired) electrons. The second-order valence-electron chi connectivity index (χ2n) is 2.00. The Morgan fingerprint density at radius 2 is 2.08 bits per heavy atom. The molecule has 0 aromatic carbocycles. The zero-order chi connectivity index (χ0) is 9.19. The van der Waals surface area contributed by atoms with Gasteiger partial charge in [-0.2, -0.15) is 8.78 Å². The van der Waals surface area contributed by atoms with Gasteiger partial charge in [0.05, 0.1) is 5.03 Å². The smallest absolute Gasteiger partial charge is 0.356 e. The molecule has 6 heteroatoms. The average molecular weight is 199 g/mol. The molecule has 0 fully saturated rings. The van der Waals surface area contributed by atoms with Gasteiger partial charge in [0, 0.05) is 6.20 Å². The minimum atomic E-state index is -4.02. The molecule has 1 rings (SSSR count). The Balaban J connectivity index is 2.62. The molecule has 0 aliphatic rings. The minimum Gasteiger partial charge on any atom is -0.356 e. The van der Waals surface area contributed by atoms with Gasteiger partial charge in [0.15, 0.2) is 0 Å². The average Bonchev–Trinajstić information content (AvgIpc) is 2.38. The fraction of sp³-hybridized carbons (Fsp3) is 0.333. The molecule has 0 spiro atoms. The Hall–Kier alpha value is -0.650. The Labute approximate surface area is 70.2 Å². The summed E-state index contributed by atoms with van der Waals surface area (Å²) in [5.74, 6) is 0. The van der Waals surface area contributed by atoms with Gasteiger partial charge in [0.2, 0.25) is 0 Å². The van der Waals surface area contributed by atoms with Crippen LogP contribution in [0.5, 0.6) is 0 Å². The summed E-state index contributed by atoms with van der Waals surface area (Å²) in [6.45, 7) is 0. The highest BCUT2D eigenvalue weighted by atomic mass is 32.2. The number of aromatic nitrogens is 1. The third-order valence-corrected chi connectivity index (χ3v) is 1.99. The topological polar surface area (TPSA) is 15.8 Å². The molecule has 0 amide bonds. The number of hydrogen-bond donors (Lipinski definition) is 1. The normalized spacial score (nSPS) is 12.4. The summed E-state index contributed by atoms with van der Waals surface area (Å²) >= 11 is -0.178. The quantitative estimate of drug-likeness (QED) is 0.584. The van der Waals surface area contributed by atoms with Gasteiger partial charge < -0.3 is 4.98 Å². The first-order valence-electron chi connectivity index (χ1n) is 3.01. The molecule has 68 valence electrons. The highest BCUT2D eigenvalue weighted by Gasteiger charge is 2.42. The molecule has 0 atom stereocenters. The molecule has 0 saturated carbocycles. The first kappa shape index (κ1) is 9.44. The van der Waals surface area contributed by atoms with Crippen LogP contribution in [0, 0.1) is 0 Å². The molecule has 1 aromatic heterocycles. The molecular formula is C6H5F4NS. The number of thioether (sulfide) groups is 1. The monoisotopic (exact) mass is 199 g/mol. The van der Waals surface area contributed by atoms with Gasteiger partial charge in [0.25, 0.3) is 0 Å². The van der Waals surface area contributed by atoms with Gasteiger partial charge in [0.1, 0.15) is 0 Å². The van der Waals surface area contributed by atoms with Crippen LogP contribution in [0.1, 0.15) is 0 Å². The molecule has 1 nitrogen and oxygen atoms in total. The SMILES string of the molecule is FC(F)C(F)(F)Sc1ccc[nH]1. The van der Waals surface area contributed by atoms with E-state index in [9.17, 15) is 17.6 Å². The van der Waals surface area contributed by atoms with Crippen molar-refractivity contribution < 1.29 is 17.6 Å². The Kier molecular flexibility index (Phi) is 2.66. The summed E-state index contributed by atoms with van der Waals surface area (Å²) in [4.78, 5) is 2.40. The first-order valence-corrected chi connectivity index (χ1v) is 3.82. The molecule has 0 bridgehead atoms. The van der Waals surface area contributed by atoms with Crippen molar-refractivity contribution in [2.24, 2.45) is 0 Å². The van der Waals surface area contributed by atoms with E-state index in [1.807, 2.05) is 0 Å². The van der Waals surface area contributed by atoms with Crippen molar-refractivity contribution in [1.29, 1.82) is 0 Å². The molecule has 1 heterocycles. The highest BCUT2D eigenvalue weighted by Crippen LogP contribution is 2.39. The van der Waals surface area contributed by atoms with Crippen molar-refractivity contribution in [2.45, 2.75) is 16.7 Å². The molecule has 0 saturated heterocycles. The van der Waals surface area contributed by atoms with Gasteiger partial charge >= 0.3 is 11.7 Å². The lowest BCUT2D eigenvalue weighted by Crippen LogP contribution is -2.21. The van der Waals surface area contributed by atoms with E-state index in [2.05, 4.69) is 4.98 Å². The van der Waals surface area contributed by atoms with Crippen LogP contribution >= 0.6 is 11.8 Å². The maximum absolute atomic E-state index is 12.3. The second kappa shape index (κ2) is 3.38. The van der Waals surface area contributed by atoms with E-state index >= 15 is 0 Å². The minimum absolute atomic E-state index is 0.0281. The van der Waals surface area contributed by atoms with Crippen molar-refractivity contribution in [1.82, 2.24) is 4.98 Å². The summed E-state index contributed by atoms with van der Waals surface area (Å²) in [6, 6.07) is 2.77. The third kappa shape index (κ3) is 2.17. The van der Waals surface area contributed by atoms with E-state index in [0.717, 1.165) is 0 Å². The standard InChI is InChI=1S/C6H5F4NS/c7-5(8)6(9,10)12-4-2-1-3-11-4/h1-3,5,11H. The fourth-order valence-corrected chi connectivity index (χ4v) is 1.22. The highest BCUT2D eigenvalue weighted by molar-refractivity contribution is 8.00. The van der Waals surface area contributed by atoms with Gasteiger partial charge in [-0.3, -0.25) is 0 Å². The number of aromatic amines is 1. The fourth-order valence-electron chi connectivity index (χ4n) is 0.568. The van der Waals surface area contributed by atoms with E-state index < -0.39 is 11.7 Å². The summed E-state index contributed by atoms with van der Waals surface area (Å²) < 4.78 is 47.8. The Bertz CT molecular complexity index is 234. The maximum Gasteiger partial charge on any atom is 0.358 e. The molecule has 1 N–H and O–H groups in total. The van der Waals surface area contributed by atoms with Crippen LogP contribution in [0.25, 0.3) is 0 Å². The number of nitrogens with one attached hydrogen (secondary N) is 1. The molecular weight excluding hydrogens is 194 g/mol. The maximum atomic E-state index is 12.3. The van der Waals surface area contributed by atoms with E-state index in [1.54, 1.807) is 0 Å². The second-order valence-corrected chi connectivity index (χ2v) is 3.19. The van der Waals surface area contributed by atoms with Gasteiger partial charge in [-0.1, -0.05) is 0 Å². The van der Waals surface area contributed by atoms with E-state index in [4.69, 9.17) is 0 Å². The van der Waals surface area contributed by atoms with Crippen LogP contribution in [-0.4, -0.2) is 16.7 Å². The number of hydrogen-bond acceptors (Lipinski definition) is 1. The zero-order valence-electron chi connectivity index (χ0n) is 5.73. The summed E-state index contributed by atoms with van der Waals surface area (Å²) in [5.41, 5.74) is 0. The van der Waals surface area contributed by atoms with E-state index in [-0.39, 0.29) is 16.8 Å². The van der Waals surface area contributed by atoms with Crippen molar-refractivity contribution in [2.75, 3.05) is 0 Å². The number of rotatable bonds is 3. The number of H-pyrrole nitrogens is 1. The van der Waals surface area contributed by atoms with Crippen molar-refractivity contribution >= 4 is 11.8 Å². The third-order valence-electron chi connectivity index (χ3n) is 1.07. The van der Waals surface area contributed by atoms with E-state index in [0.29, 0.717) is 0 Å². The van der Waals surface area contributed by atoms with Crippen molar-refractivity contribution in [3.05, 3.63) is 18.3 Å². The van der Waals surface area contributed by atoms with Gasteiger partial charge in [-0.15, -0.1) is 0 Å². The summed E-state index contributed by atoms with van der Waals surface area (Å²) in [5, 5.41) is -3.99. The van der Waals surface area contributed by atoms with Gasteiger partial charge in [-0.05, 0) is 23.9 Å². The first-order chi connectivity index (χ1) is 5.52. The zero-order valence-corrected chi connectivity index (χ0v) is 6.55. The van der Waals surface area contributed by atoms with Crippen molar-refractivity contribution in [3.8, 4) is 0 Å². The van der Waals surface area contributed by atoms with Crippen LogP contribution in [-0.2, 0) is 0 Å². The lowest BCUT2D eigenvalue weighted by atomic mass is 10.7. The summed E-state index contributed by atoms with van der Waals surface area (Å²) in [7, 11) is 0. The van der Waals surface area contributed by atoms with E-state index in [1.165, 1.54) is 18.3 Å². The molecule has 12 heavy (non-hydrogen) atoms. The molecule has 0 unspecified atom stereocenters. The number of alkyl halides is 4. The molecule has 0 aliphatic carbocycles. The predicted molar refractivity (Wildman–Crippen MR) is 37.6 cm³/mol. The van der Waals surface area contributed by atoms with Crippen LogP contribution in [0.3, 0.4) is 0 Å².